The van der Waals surface area contributed by atoms with Gasteiger partial charge in [0.25, 0.3) is 0 Å². The number of hydrogen-bond acceptors (Lipinski definition) is 5. The van der Waals surface area contributed by atoms with Gasteiger partial charge in [0, 0.05) is 45.8 Å². The molecule has 0 radical (unpaired) electrons. The molecule has 1 fully saturated rings. The molecule has 2 rings (SSSR count). The number of amides is 1. The Hall–Kier alpha value is -1.67. The summed E-state index contributed by atoms with van der Waals surface area (Å²) in [4.78, 5) is 18.4. The second-order valence-electron chi connectivity index (χ2n) is 6.07. The molecular weight excluding hydrogens is 316 g/mol. The van der Waals surface area contributed by atoms with E-state index in [2.05, 4.69) is 10.3 Å². The summed E-state index contributed by atoms with van der Waals surface area (Å²) in [5.74, 6) is 0.711. The summed E-state index contributed by atoms with van der Waals surface area (Å²) >= 11 is 0. The summed E-state index contributed by atoms with van der Waals surface area (Å²) in [6.07, 6.45) is 4.07. The van der Waals surface area contributed by atoms with Crippen LogP contribution < -0.4 is 10.2 Å². The van der Waals surface area contributed by atoms with Gasteiger partial charge in [-0.25, -0.2) is 17.7 Å². The van der Waals surface area contributed by atoms with Gasteiger partial charge in [-0.05, 0) is 30.5 Å². The van der Waals surface area contributed by atoms with Crippen molar-refractivity contribution in [3.05, 3.63) is 23.9 Å². The van der Waals surface area contributed by atoms with Crippen LogP contribution in [0.3, 0.4) is 0 Å². The summed E-state index contributed by atoms with van der Waals surface area (Å²) < 4.78 is 24.4. The molecule has 1 aromatic rings. The average Bonchev–Trinajstić information content (AvgIpc) is 2.52. The molecule has 1 aliphatic heterocycles. The van der Waals surface area contributed by atoms with E-state index in [0.29, 0.717) is 32.5 Å². The average molecular weight is 340 g/mol. The zero-order valence-electron chi connectivity index (χ0n) is 13.8. The van der Waals surface area contributed by atoms with Crippen molar-refractivity contribution in [3.8, 4) is 0 Å². The van der Waals surface area contributed by atoms with Crippen LogP contribution in [0.5, 0.6) is 0 Å². The summed E-state index contributed by atoms with van der Waals surface area (Å²) in [6, 6.07) is 3.81. The molecule has 0 unspecified atom stereocenters. The molecule has 2 heterocycles. The highest BCUT2D eigenvalue weighted by Gasteiger charge is 2.28. The predicted octanol–water partition coefficient (Wildman–Crippen LogP) is 0.435. The Morgan fingerprint density at radius 1 is 1.39 bits per heavy atom. The monoisotopic (exact) mass is 340 g/mol. The van der Waals surface area contributed by atoms with Crippen molar-refractivity contribution in [1.82, 2.24) is 14.6 Å². The molecule has 0 aliphatic carbocycles. The zero-order valence-corrected chi connectivity index (χ0v) is 14.6. The number of hydrogen-bond donors (Lipinski definition) is 1. The number of pyridine rings is 1. The highest BCUT2D eigenvalue weighted by molar-refractivity contribution is 7.88. The standard InChI is InChI=1S/C15H24N4O3S/c1-18(2)14-10-12(4-7-16-14)11-17-15(20)13-5-8-19(9-6-13)23(3,21)22/h4,7,10,13H,5-6,8-9,11H2,1-3H3,(H,17,20). The van der Waals surface area contributed by atoms with Crippen LogP contribution in [0.4, 0.5) is 5.82 Å². The van der Waals surface area contributed by atoms with Crippen molar-refractivity contribution in [2.24, 2.45) is 5.92 Å². The number of rotatable bonds is 5. The van der Waals surface area contributed by atoms with E-state index >= 15 is 0 Å². The fourth-order valence-corrected chi connectivity index (χ4v) is 3.47. The number of carbonyl (C=O) groups excluding carboxylic acids is 1. The van der Waals surface area contributed by atoms with E-state index in [0.717, 1.165) is 11.4 Å². The van der Waals surface area contributed by atoms with E-state index in [4.69, 9.17) is 0 Å². The fraction of sp³-hybridized carbons (Fsp3) is 0.600. The van der Waals surface area contributed by atoms with Gasteiger partial charge in [0.15, 0.2) is 0 Å². The maximum Gasteiger partial charge on any atom is 0.223 e. The van der Waals surface area contributed by atoms with Gasteiger partial charge in [0.2, 0.25) is 15.9 Å². The molecule has 8 heteroatoms. The molecule has 1 aliphatic rings. The number of nitrogens with zero attached hydrogens (tertiary/aromatic N) is 3. The highest BCUT2D eigenvalue weighted by Crippen LogP contribution is 2.19. The first-order valence-electron chi connectivity index (χ1n) is 7.62. The summed E-state index contributed by atoms with van der Waals surface area (Å²) in [5.41, 5.74) is 0.991. The Morgan fingerprint density at radius 2 is 2.04 bits per heavy atom. The van der Waals surface area contributed by atoms with Gasteiger partial charge < -0.3 is 10.2 Å². The van der Waals surface area contributed by atoms with Gasteiger partial charge in [-0.3, -0.25) is 4.79 Å². The third kappa shape index (κ3) is 4.90. The lowest BCUT2D eigenvalue weighted by atomic mass is 9.97. The Bertz CT molecular complexity index is 652. The lowest BCUT2D eigenvalue weighted by Gasteiger charge is -2.29. The number of piperidine rings is 1. The lowest BCUT2D eigenvalue weighted by Crippen LogP contribution is -2.42. The first-order valence-corrected chi connectivity index (χ1v) is 9.47. The zero-order chi connectivity index (χ0) is 17.0. The highest BCUT2D eigenvalue weighted by atomic mass is 32.2. The molecule has 1 N–H and O–H groups in total. The second kappa shape index (κ2) is 7.27. The molecule has 1 saturated heterocycles. The number of aromatic nitrogens is 1. The summed E-state index contributed by atoms with van der Waals surface area (Å²) in [5, 5.41) is 2.94. The van der Waals surface area contributed by atoms with E-state index in [1.807, 2.05) is 31.1 Å². The molecule has 1 aromatic heterocycles. The van der Waals surface area contributed by atoms with Crippen LogP contribution in [0.25, 0.3) is 0 Å². The third-order valence-electron chi connectivity index (χ3n) is 4.03. The van der Waals surface area contributed by atoms with Gasteiger partial charge in [0.05, 0.1) is 6.26 Å². The minimum absolute atomic E-state index is 0.0126. The predicted molar refractivity (Wildman–Crippen MR) is 89.6 cm³/mol. The van der Waals surface area contributed by atoms with E-state index in [-0.39, 0.29) is 11.8 Å². The van der Waals surface area contributed by atoms with Crippen LogP contribution >= 0.6 is 0 Å². The number of nitrogens with one attached hydrogen (secondary N) is 1. The molecular formula is C15H24N4O3S. The Kier molecular flexibility index (Phi) is 5.59. The Labute approximate surface area is 137 Å². The van der Waals surface area contributed by atoms with Crippen LogP contribution in [0.1, 0.15) is 18.4 Å². The molecule has 7 nitrogen and oxygen atoms in total. The van der Waals surface area contributed by atoms with Crippen molar-refractivity contribution in [3.63, 3.8) is 0 Å². The maximum atomic E-state index is 12.2. The van der Waals surface area contributed by atoms with Crippen LogP contribution in [-0.4, -0.2) is 57.1 Å². The Balaban J connectivity index is 1.85. The lowest BCUT2D eigenvalue weighted by molar-refractivity contribution is -0.126. The van der Waals surface area contributed by atoms with Crippen molar-refractivity contribution >= 4 is 21.7 Å². The SMILES string of the molecule is CN(C)c1cc(CNC(=O)C2CCN(S(C)(=O)=O)CC2)ccn1. The van der Waals surface area contributed by atoms with Crippen LogP contribution in [0.15, 0.2) is 18.3 Å². The Morgan fingerprint density at radius 3 is 2.61 bits per heavy atom. The summed E-state index contributed by atoms with van der Waals surface area (Å²) in [6.45, 7) is 1.28. The topological polar surface area (TPSA) is 82.6 Å². The van der Waals surface area contributed by atoms with Crippen molar-refractivity contribution in [2.75, 3.05) is 38.3 Å². The minimum Gasteiger partial charge on any atom is -0.363 e. The van der Waals surface area contributed by atoms with E-state index in [1.54, 1.807) is 6.20 Å². The maximum absolute atomic E-state index is 12.2. The van der Waals surface area contributed by atoms with E-state index in [9.17, 15) is 13.2 Å². The van der Waals surface area contributed by atoms with Crippen molar-refractivity contribution in [1.29, 1.82) is 0 Å². The van der Waals surface area contributed by atoms with Crippen LogP contribution in [0.2, 0.25) is 0 Å². The number of anilines is 1. The summed E-state index contributed by atoms with van der Waals surface area (Å²) in [7, 11) is 0.681. The number of carbonyl (C=O) groups is 1. The van der Waals surface area contributed by atoms with Gasteiger partial charge in [-0.1, -0.05) is 0 Å². The fourth-order valence-electron chi connectivity index (χ4n) is 2.60. The molecule has 128 valence electrons. The molecule has 0 atom stereocenters. The first-order chi connectivity index (χ1) is 10.8. The molecule has 0 aromatic carbocycles. The largest absolute Gasteiger partial charge is 0.363 e. The third-order valence-corrected chi connectivity index (χ3v) is 5.33. The van der Waals surface area contributed by atoms with Crippen LogP contribution in [-0.2, 0) is 21.4 Å². The van der Waals surface area contributed by atoms with E-state index < -0.39 is 10.0 Å². The quantitative estimate of drug-likeness (QED) is 0.841. The van der Waals surface area contributed by atoms with Crippen molar-refractivity contribution in [2.45, 2.75) is 19.4 Å². The molecule has 23 heavy (non-hydrogen) atoms. The molecule has 0 spiro atoms. The number of sulfonamides is 1. The normalized spacial score (nSPS) is 17.0. The van der Waals surface area contributed by atoms with E-state index in [1.165, 1.54) is 10.6 Å². The second-order valence-corrected chi connectivity index (χ2v) is 8.05. The minimum atomic E-state index is -3.15. The molecule has 1 amide bonds. The van der Waals surface area contributed by atoms with Crippen LogP contribution in [0, 0.1) is 5.92 Å². The van der Waals surface area contributed by atoms with Gasteiger partial charge in [0.1, 0.15) is 5.82 Å². The van der Waals surface area contributed by atoms with Gasteiger partial charge in [-0.15, -0.1) is 0 Å². The van der Waals surface area contributed by atoms with Gasteiger partial charge in [-0.2, -0.15) is 0 Å². The van der Waals surface area contributed by atoms with Crippen molar-refractivity contribution < 1.29 is 13.2 Å². The molecule has 0 bridgehead atoms. The first kappa shape index (κ1) is 17.7. The molecule has 0 saturated carbocycles. The smallest absolute Gasteiger partial charge is 0.223 e. The van der Waals surface area contributed by atoms with Gasteiger partial charge >= 0.3 is 0 Å².